The van der Waals surface area contributed by atoms with E-state index >= 15 is 0 Å². The maximum Gasteiger partial charge on any atom is 0.190 e. The molecule has 0 bridgehead atoms. The maximum atomic E-state index is 12.2. The minimum Gasteiger partial charge on any atom is -0.510 e. The molecule has 1 saturated carbocycles. The Morgan fingerprint density at radius 2 is 1.70 bits per heavy atom. The molecule has 0 aliphatic heterocycles. The first-order valence-electron chi connectivity index (χ1n) is 6.81. The summed E-state index contributed by atoms with van der Waals surface area (Å²) >= 11 is 3.35. The number of halogens is 1. The monoisotopic (exact) mass is 334 g/mol. The fourth-order valence-corrected chi connectivity index (χ4v) is 3.23. The zero-order valence-electron chi connectivity index (χ0n) is 10.9. The van der Waals surface area contributed by atoms with Gasteiger partial charge in [0.1, 0.15) is 5.76 Å². The number of azo groups is 1. The first-order valence-corrected chi connectivity index (χ1v) is 7.61. The van der Waals surface area contributed by atoms with Gasteiger partial charge in [-0.3, -0.25) is 4.79 Å². The molecule has 0 amide bonds. The molecule has 0 aromatic heterocycles. The molecule has 104 valence electrons. The summed E-state index contributed by atoms with van der Waals surface area (Å²) in [5.41, 5.74) is 0.820. The number of carbonyl (C=O) groups excluding carboxylic acids is 1. The zero-order valence-corrected chi connectivity index (χ0v) is 12.5. The van der Waals surface area contributed by atoms with Crippen molar-refractivity contribution in [1.82, 2.24) is 0 Å². The third-order valence-electron chi connectivity index (χ3n) is 4.02. The first-order chi connectivity index (χ1) is 9.66. The normalized spacial score (nSPS) is 26.4. The van der Waals surface area contributed by atoms with Gasteiger partial charge in [-0.05, 0) is 37.1 Å². The van der Waals surface area contributed by atoms with Gasteiger partial charge in [-0.15, -0.1) is 5.11 Å². The van der Waals surface area contributed by atoms with Gasteiger partial charge in [-0.2, -0.15) is 5.11 Å². The van der Waals surface area contributed by atoms with Crippen molar-refractivity contribution in [2.45, 2.75) is 25.7 Å². The van der Waals surface area contributed by atoms with Crippen LogP contribution in [0.4, 0.5) is 5.69 Å². The number of hydrogen-bond donors (Lipinski definition) is 1. The van der Waals surface area contributed by atoms with E-state index in [2.05, 4.69) is 26.2 Å². The number of Topliss-reactive ketones (excluding diaryl/α,β-unsaturated/α-hetero) is 1. The molecule has 4 nitrogen and oxygen atoms in total. The molecule has 2 unspecified atom stereocenters. The number of nitrogens with zero attached hydrogens (tertiary/aromatic N) is 2. The van der Waals surface area contributed by atoms with Gasteiger partial charge in [0, 0.05) is 16.3 Å². The second-order valence-electron chi connectivity index (χ2n) is 5.27. The number of carbonyl (C=O) groups is 1. The molecule has 0 saturated heterocycles. The number of ketones is 1. The van der Waals surface area contributed by atoms with E-state index in [0.29, 0.717) is 5.69 Å². The SMILES string of the molecule is O=C1C(N=Nc2ccc(Br)cc2)=C(O)C2CCCCC12. The highest BCUT2D eigenvalue weighted by Gasteiger charge is 2.43. The lowest BCUT2D eigenvalue weighted by Gasteiger charge is -2.23. The number of benzene rings is 1. The average Bonchev–Trinajstić information content (AvgIpc) is 2.71. The maximum absolute atomic E-state index is 12.2. The lowest BCUT2D eigenvalue weighted by Crippen LogP contribution is -2.21. The average molecular weight is 335 g/mol. The van der Waals surface area contributed by atoms with E-state index in [9.17, 15) is 9.90 Å². The fourth-order valence-electron chi connectivity index (χ4n) is 2.97. The van der Waals surface area contributed by atoms with Gasteiger partial charge in [-0.25, -0.2) is 0 Å². The van der Waals surface area contributed by atoms with Crippen LogP contribution in [0.2, 0.25) is 0 Å². The van der Waals surface area contributed by atoms with Gasteiger partial charge in [0.2, 0.25) is 0 Å². The van der Waals surface area contributed by atoms with E-state index in [1.807, 2.05) is 12.1 Å². The molecule has 20 heavy (non-hydrogen) atoms. The third kappa shape index (κ3) is 2.42. The first kappa shape index (κ1) is 13.5. The Morgan fingerprint density at radius 1 is 1.05 bits per heavy atom. The molecule has 1 aromatic carbocycles. The van der Waals surface area contributed by atoms with E-state index in [0.717, 1.165) is 30.2 Å². The van der Waals surface area contributed by atoms with Crippen LogP contribution in [0.1, 0.15) is 25.7 Å². The van der Waals surface area contributed by atoms with E-state index in [4.69, 9.17) is 0 Å². The molecule has 1 aromatic rings. The van der Waals surface area contributed by atoms with Crippen molar-refractivity contribution in [2.75, 3.05) is 0 Å². The molecule has 2 aliphatic carbocycles. The van der Waals surface area contributed by atoms with Crippen molar-refractivity contribution in [2.24, 2.45) is 22.1 Å². The standard InChI is InChI=1S/C15H15BrN2O2/c16-9-5-7-10(8-6-9)17-18-13-14(19)11-3-1-2-4-12(11)15(13)20/h5-8,11-12,19H,1-4H2. The molecule has 3 rings (SSSR count). The largest absolute Gasteiger partial charge is 0.510 e. The van der Waals surface area contributed by atoms with Crippen LogP contribution in [-0.2, 0) is 4.79 Å². The Balaban J connectivity index is 1.84. The lowest BCUT2D eigenvalue weighted by atomic mass is 9.80. The lowest BCUT2D eigenvalue weighted by molar-refractivity contribution is -0.120. The van der Waals surface area contributed by atoms with E-state index < -0.39 is 0 Å². The number of rotatable bonds is 2. The smallest absolute Gasteiger partial charge is 0.190 e. The van der Waals surface area contributed by atoms with Crippen LogP contribution in [0.25, 0.3) is 0 Å². The van der Waals surface area contributed by atoms with Gasteiger partial charge in [0.05, 0.1) is 5.69 Å². The minimum atomic E-state index is -0.0809. The van der Waals surface area contributed by atoms with E-state index in [1.54, 1.807) is 12.1 Å². The van der Waals surface area contributed by atoms with Gasteiger partial charge in [-0.1, -0.05) is 28.8 Å². The molecular formula is C15H15BrN2O2. The Labute approximate surface area is 125 Å². The van der Waals surface area contributed by atoms with Crippen molar-refractivity contribution in [3.63, 3.8) is 0 Å². The summed E-state index contributed by atoms with van der Waals surface area (Å²) in [6.07, 6.45) is 3.84. The van der Waals surface area contributed by atoms with Crippen molar-refractivity contribution in [3.8, 4) is 0 Å². The summed E-state index contributed by atoms with van der Waals surface area (Å²) in [5.74, 6) is -0.0219. The predicted molar refractivity (Wildman–Crippen MR) is 78.8 cm³/mol. The van der Waals surface area contributed by atoms with Crippen LogP contribution in [0.5, 0.6) is 0 Å². The molecule has 1 fully saturated rings. The Morgan fingerprint density at radius 3 is 2.35 bits per heavy atom. The summed E-state index contributed by atoms with van der Waals surface area (Å²) in [6.45, 7) is 0. The molecule has 0 radical (unpaired) electrons. The molecule has 2 aliphatic rings. The minimum absolute atomic E-state index is 0.0323. The van der Waals surface area contributed by atoms with Crippen molar-refractivity contribution >= 4 is 27.4 Å². The summed E-state index contributed by atoms with van der Waals surface area (Å²) in [6, 6.07) is 7.33. The van der Waals surface area contributed by atoms with Crippen LogP contribution in [0.15, 0.2) is 50.4 Å². The third-order valence-corrected chi connectivity index (χ3v) is 4.55. The van der Waals surface area contributed by atoms with Crippen LogP contribution < -0.4 is 0 Å². The van der Waals surface area contributed by atoms with Gasteiger partial charge < -0.3 is 5.11 Å². The molecule has 5 heteroatoms. The number of allylic oxidation sites excluding steroid dienone is 2. The number of aliphatic hydroxyl groups excluding tert-OH is 1. The van der Waals surface area contributed by atoms with Gasteiger partial charge >= 0.3 is 0 Å². The summed E-state index contributed by atoms with van der Waals surface area (Å²) in [4.78, 5) is 12.2. The fraction of sp³-hybridized carbons (Fsp3) is 0.400. The second kappa shape index (κ2) is 5.48. The Bertz CT molecular complexity index is 592. The second-order valence-corrected chi connectivity index (χ2v) is 6.19. The van der Waals surface area contributed by atoms with Gasteiger partial charge in [0.15, 0.2) is 11.5 Å². The van der Waals surface area contributed by atoms with Gasteiger partial charge in [0.25, 0.3) is 0 Å². The molecule has 0 spiro atoms. The van der Waals surface area contributed by atoms with Crippen molar-refractivity contribution < 1.29 is 9.90 Å². The van der Waals surface area contributed by atoms with E-state index in [-0.39, 0.29) is 29.1 Å². The van der Waals surface area contributed by atoms with Crippen LogP contribution in [0.3, 0.4) is 0 Å². The van der Waals surface area contributed by atoms with Crippen LogP contribution >= 0.6 is 15.9 Å². The number of hydrogen-bond acceptors (Lipinski definition) is 4. The number of aliphatic hydroxyl groups is 1. The molecule has 1 N–H and O–H groups in total. The molecule has 0 heterocycles. The Kier molecular flexibility index (Phi) is 3.70. The Hall–Kier alpha value is -1.49. The van der Waals surface area contributed by atoms with Crippen LogP contribution in [-0.4, -0.2) is 10.9 Å². The molecular weight excluding hydrogens is 320 g/mol. The highest BCUT2D eigenvalue weighted by Crippen LogP contribution is 2.43. The summed E-state index contributed by atoms with van der Waals surface area (Å²) in [5, 5.41) is 18.2. The van der Waals surface area contributed by atoms with Crippen molar-refractivity contribution in [1.29, 1.82) is 0 Å². The predicted octanol–water partition coefficient (Wildman–Crippen LogP) is 4.69. The molecule has 2 atom stereocenters. The quantitative estimate of drug-likeness (QED) is 0.797. The summed E-state index contributed by atoms with van der Waals surface area (Å²) in [7, 11) is 0. The topological polar surface area (TPSA) is 62.0 Å². The highest BCUT2D eigenvalue weighted by molar-refractivity contribution is 9.10. The van der Waals surface area contributed by atoms with Crippen LogP contribution in [0, 0.1) is 11.8 Å². The zero-order chi connectivity index (χ0) is 14.1. The number of fused-ring (bicyclic) bond motifs is 1. The highest BCUT2D eigenvalue weighted by atomic mass is 79.9. The van der Waals surface area contributed by atoms with Crippen molar-refractivity contribution in [3.05, 3.63) is 40.2 Å². The summed E-state index contributed by atoms with van der Waals surface area (Å²) < 4.78 is 0.960. The van der Waals surface area contributed by atoms with E-state index in [1.165, 1.54) is 0 Å².